The minimum Gasteiger partial charge on any atom is -0.356 e. The van der Waals surface area contributed by atoms with E-state index in [2.05, 4.69) is 5.32 Å². The fourth-order valence-electron chi connectivity index (χ4n) is 0.981. The van der Waals surface area contributed by atoms with Crippen LogP contribution in [0.4, 0.5) is 0 Å². The number of amides is 1. The van der Waals surface area contributed by atoms with Crippen molar-refractivity contribution >= 4 is 22.8 Å². The Bertz CT molecular complexity index is 193. The topological polar surface area (TPSA) is 46.2 Å². The van der Waals surface area contributed by atoms with E-state index < -0.39 is 0 Å². The average molecular weight is 220 g/mol. The van der Waals surface area contributed by atoms with Gasteiger partial charge in [0.15, 0.2) is 0 Å². The number of halogens is 1. The molecule has 0 aliphatic rings. The number of hydrogen-bond donors (Lipinski definition) is 1. The van der Waals surface area contributed by atoms with Gasteiger partial charge in [-0.2, -0.15) is 0 Å². The molecule has 0 bridgehead atoms. The van der Waals surface area contributed by atoms with Crippen molar-refractivity contribution in [2.75, 3.05) is 6.54 Å². The molecule has 0 spiro atoms. The van der Waals surface area contributed by atoms with Crippen LogP contribution in [0.2, 0.25) is 0 Å². The lowest BCUT2D eigenvalue weighted by Gasteiger charge is -2.06. The van der Waals surface area contributed by atoms with Crippen molar-refractivity contribution < 1.29 is 9.59 Å². The Morgan fingerprint density at radius 1 is 1.21 bits per heavy atom. The quantitative estimate of drug-likeness (QED) is 0.527. The molecule has 0 aliphatic heterocycles. The van der Waals surface area contributed by atoms with Gasteiger partial charge in [0.25, 0.3) is 0 Å². The number of hydrogen-bond acceptors (Lipinski definition) is 2. The van der Waals surface area contributed by atoms with E-state index in [9.17, 15) is 9.59 Å². The van der Waals surface area contributed by atoms with Crippen molar-refractivity contribution in [3.8, 4) is 0 Å². The summed E-state index contributed by atoms with van der Waals surface area (Å²) in [5.41, 5.74) is 0. The zero-order valence-corrected chi connectivity index (χ0v) is 9.56. The van der Waals surface area contributed by atoms with Crippen molar-refractivity contribution in [2.24, 2.45) is 5.92 Å². The Kier molecular flexibility index (Phi) is 7.48. The lowest BCUT2D eigenvalue weighted by atomic mass is 10.2. The van der Waals surface area contributed by atoms with Gasteiger partial charge in [-0.05, 0) is 24.4 Å². The molecule has 0 fully saturated rings. The fourth-order valence-corrected chi connectivity index (χ4v) is 1.12. The second-order valence-electron chi connectivity index (χ2n) is 3.61. The molecule has 0 heterocycles. The lowest BCUT2D eigenvalue weighted by molar-refractivity contribution is -0.124. The van der Waals surface area contributed by atoms with Crippen LogP contribution in [-0.4, -0.2) is 17.7 Å². The van der Waals surface area contributed by atoms with Gasteiger partial charge in [-0.3, -0.25) is 9.59 Å². The van der Waals surface area contributed by atoms with Crippen LogP contribution in [0.25, 0.3) is 0 Å². The minimum atomic E-state index is -0.281. The molecule has 4 heteroatoms. The van der Waals surface area contributed by atoms with Crippen molar-refractivity contribution in [2.45, 2.75) is 39.5 Å². The molecule has 1 N–H and O–H groups in total. The van der Waals surface area contributed by atoms with Crippen molar-refractivity contribution in [3.05, 3.63) is 0 Å². The van der Waals surface area contributed by atoms with E-state index in [0.29, 0.717) is 13.0 Å². The van der Waals surface area contributed by atoms with Gasteiger partial charge >= 0.3 is 0 Å². The van der Waals surface area contributed by atoms with Crippen LogP contribution >= 0.6 is 11.6 Å². The smallest absolute Gasteiger partial charge is 0.222 e. The molecule has 0 saturated carbocycles. The standard InChI is InChI=1S/C10H18ClNO2/c1-8(2)10(14)12-7-5-3-4-6-9(11)13/h8H,3-7H2,1-2H3,(H,12,14). The summed E-state index contributed by atoms with van der Waals surface area (Å²) in [5, 5.41) is 2.53. The summed E-state index contributed by atoms with van der Waals surface area (Å²) < 4.78 is 0. The van der Waals surface area contributed by atoms with Gasteiger partial charge < -0.3 is 5.32 Å². The molecule has 0 radical (unpaired) electrons. The van der Waals surface area contributed by atoms with E-state index in [-0.39, 0.29) is 17.1 Å². The lowest BCUT2D eigenvalue weighted by Crippen LogP contribution is -2.28. The van der Waals surface area contributed by atoms with Gasteiger partial charge in [0, 0.05) is 18.9 Å². The maximum absolute atomic E-state index is 11.1. The molecule has 0 aliphatic carbocycles. The Morgan fingerprint density at radius 2 is 1.86 bits per heavy atom. The van der Waals surface area contributed by atoms with Crippen LogP contribution in [0.5, 0.6) is 0 Å². The summed E-state index contributed by atoms with van der Waals surface area (Å²) in [4.78, 5) is 21.5. The zero-order chi connectivity index (χ0) is 11.0. The number of unbranched alkanes of at least 4 members (excludes halogenated alkanes) is 2. The van der Waals surface area contributed by atoms with E-state index >= 15 is 0 Å². The largest absolute Gasteiger partial charge is 0.356 e. The van der Waals surface area contributed by atoms with Crippen molar-refractivity contribution in [1.29, 1.82) is 0 Å². The van der Waals surface area contributed by atoms with Crippen LogP contribution in [0.1, 0.15) is 39.5 Å². The SMILES string of the molecule is CC(C)C(=O)NCCCCCC(=O)Cl. The predicted molar refractivity (Wildman–Crippen MR) is 57.2 cm³/mol. The number of carbonyl (C=O) groups is 2. The van der Waals surface area contributed by atoms with Gasteiger partial charge in [-0.1, -0.05) is 20.3 Å². The van der Waals surface area contributed by atoms with Gasteiger partial charge in [0.05, 0.1) is 0 Å². The number of nitrogens with one attached hydrogen (secondary N) is 1. The normalized spacial score (nSPS) is 10.3. The first kappa shape index (κ1) is 13.4. The molecule has 82 valence electrons. The van der Waals surface area contributed by atoms with Crippen LogP contribution in [0, 0.1) is 5.92 Å². The molecule has 0 unspecified atom stereocenters. The molecule has 0 aromatic carbocycles. The molecule has 3 nitrogen and oxygen atoms in total. The van der Waals surface area contributed by atoms with Gasteiger partial charge in [0.2, 0.25) is 11.1 Å². The van der Waals surface area contributed by atoms with Crippen molar-refractivity contribution in [1.82, 2.24) is 5.32 Å². The van der Waals surface area contributed by atoms with E-state index in [0.717, 1.165) is 19.3 Å². The molecule has 14 heavy (non-hydrogen) atoms. The first-order valence-corrected chi connectivity index (χ1v) is 5.38. The van der Waals surface area contributed by atoms with Crippen LogP contribution in [0.15, 0.2) is 0 Å². The number of carbonyl (C=O) groups excluding carboxylic acids is 2. The van der Waals surface area contributed by atoms with Gasteiger partial charge in [-0.25, -0.2) is 0 Å². The van der Waals surface area contributed by atoms with Crippen LogP contribution in [-0.2, 0) is 9.59 Å². The highest BCUT2D eigenvalue weighted by molar-refractivity contribution is 6.63. The molecule has 0 rings (SSSR count). The molecule has 0 aromatic heterocycles. The first-order valence-electron chi connectivity index (χ1n) is 5.00. The second-order valence-corrected chi connectivity index (χ2v) is 4.03. The highest BCUT2D eigenvalue weighted by Gasteiger charge is 2.04. The monoisotopic (exact) mass is 219 g/mol. The fraction of sp³-hybridized carbons (Fsp3) is 0.800. The Balaban J connectivity index is 3.22. The summed E-state index contributed by atoms with van der Waals surface area (Å²) in [7, 11) is 0. The van der Waals surface area contributed by atoms with E-state index in [4.69, 9.17) is 11.6 Å². The van der Waals surface area contributed by atoms with E-state index in [1.807, 2.05) is 13.8 Å². The van der Waals surface area contributed by atoms with Gasteiger partial charge in [-0.15, -0.1) is 0 Å². The molecule has 1 amide bonds. The molecule has 0 atom stereocenters. The predicted octanol–water partition coefficient (Wildman–Crippen LogP) is 2.08. The average Bonchev–Trinajstić information content (AvgIpc) is 2.09. The van der Waals surface area contributed by atoms with Crippen LogP contribution in [0.3, 0.4) is 0 Å². The first-order chi connectivity index (χ1) is 6.54. The summed E-state index contributed by atoms with van der Waals surface area (Å²) in [6.45, 7) is 4.41. The Hall–Kier alpha value is -0.570. The zero-order valence-electron chi connectivity index (χ0n) is 8.81. The summed E-state index contributed by atoms with van der Waals surface area (Å²) in [6, 6.07) is 0. The summed E-state index contributed by atoms with van der Waals surface area (Å²) >= 11 is 5.17. The third-order valence-corrected chi connectivity index (χ3v) is 2.06. The summed E-state index contributed by atoms with van der Waals surface area (Å²) in [5.74, 6) is 0.123. The molecular weight excluding hydrogens is 202 g/mol. The Labute approximate surface area is 90.2 Å². The maximum Gasteiger partial charge on any atom is 0.222 e. The molecule has 0 aromatic rings. The van der Waals surface area contributed by atoms with E-state index in [1.165, 1.54) is 0 Å². The highest BCUT2D eigenvalue weighted by Crippen LogP contribution is 2.01. The third-order valence-electron chi connectivity index (χ3n) is 1.87. The highest BCUT2D eigenvalue weighted by atomic mass is 35.5. The summed E-state index contributed by atoms with van der Waals surface area (Å²) in [6.07, 6.45) is 3.07. The molecule has 0 saturated heterocycles. The Morgan fingerprint density at radius 3 is 2.36 bits per heavy atom. The minimum absolute atomic E-state index is 0.0411. The maximum atomic E-state index is 11.1. The van der Waals surface area contributed by atoms with Crippen molar-refractivity contribution in [3.63, 3.8) is 0 Å². The number of rotatable bonds is 7. The molecular formula is C10H18ClNO2. The van der Waals surface area contributed by atoms with E-state index in [1.54, 1.807) is 0 Å². The van der Waals surface area contributed by atoms with Crippen LogP contribution < -0.4 is 5.32 Å². The van der Waals surface area contributed by atoms with Gasteiger partial charge in [0.1, 0.15) is 0 Å². The third kappa shape index (κ3) is 8.05. The second kappa shape index (κ2) is 7.80.